The van der Waals surface area contributed by atoms with E-state index in [0.29, 0.717) is 21.7 Å². The zero-order chi connectivity index (χ0) is 15.0. The van der Waals surface area contributed by atoms with Gasteiger partial charge in [-0.15, -0.1) is 5.10 Å². The molecule has 21 heavy (non-hydrogen) atoms. The first kappa shape index (κ1) is 13.7. The van der Waals surface area contributed by atoms with Crippen LogP contribution in [0.5, 0.6) is 0 Å². The molecule has 0 radical (unpaired) electrons. The number of nitrogen functional groups attached to an aromatic ring is 1. The standard InChI is InChI=1S/C14H11BrFN5/c1-8-6-11(16)10(15)7-13(8)21-14(18-19-20-21)9-4-2-3-5-12(9)17/h2-7H,17H2,1H3. The number of aromatic nitrogens is 4. The SMILES string of the molecule is Cc1cc(F)c(Br)cc1-n1nnnc1-c1ccccc1N. The second-order valence-electron chi connectivity index (χ2n) is 4.55. The van der Waals surface area contributed by atoms with Crippen LogP contribution in [0.25, 0.3) is 17.1 Å². The van der Waals surface area contributed by atoms with Crippen LogP contribution in [-0.2, 0) is 0 Å². The Hall–Kier alpha value is -2.28. The van der Waals surface area contributed by atoms with Gasteiger partial charge in [-0.25, -0.2) is 4.39 Å². The lowest BCUT2D eigenvalue weighted by atomic mass is 10.1. The van der Waals surface area contributed by atoms with E-state index in [9.17, 15) is 4.39 Å². The van der Waals surface area contributed by atoms with Gasteiger partial charge in [-0.05, 0) is 63.1 Å². The Labute approximate surface area is 128 Å². The number of anilines is 1. The minimum atomic E-state index is -0.329. The van der Waals surface area contributed by atoms with E-state index in [1.807, 2.05) is 18.2 Å². The predicted molar refractivity (Wildman–Crippen MR) is 81.4 cm³/mol. The van der Waals surface area contributed by atoms with Gasteiger partial charge < -0.3 is 5.73 Å². The lowest BCUT2D eigenvalue weighted by Crippen LogP contribution is -2.04. The molecule has 0 fully saturated rings. The average Bonchev–Trinajstić information content (AvgIpc) is 2.92. The van der Waals surface area contributed by atoms with Gasteiger partial charge in [0.25, 0.3) is 0 Å². The number of nitrogens with zero attached hydrogens (tertiary/aromatic N) is 4. The van der Waals surface area contributed by atoms with Gasteiger partial charge in [0.15, 0.2) is 5.82 Å². The molecule has 3 aromatic rings. The summed E-state index contributed by atoms with van der Waals surface area (Å²) in [5, 5.41) is 11.7. The molecule has 2 N–H and O–H groups in total. The summed E-state index contributed by atoms with van der Waals surface area (Å²) in [6.45, 7) is 1.80. The molecule has 106 valence electrons. The number of nitrogens with two attached hydrogens (primary N) is 1. The molecule has 0 aliphatic rings. The largest absolute Gasteiger partial charge is 0.398 e. The Kier molecular flexibility index (Phi) is 3.42. The van der Waals surface area contributed by atoms with Gasteiger partial charge in [0.2, 0.25) is 0 Å². The first-order valence-electron chi connectivity index (χ1n) is 6.17. The minimum absolute atomic E-state index is 0.329. The third-order valence-electron chi connectivity index (χ3n) is 3.14. The van der Waals surface area contributed by atoms with Crippen molar-refractivity contribution >= 4 is 21.6 Å². The lowest BCUT2D eigenvalue weighted by Gasteiger charge is -2.10. The molecule has 0 unspecified atom stereocenters. The molecule has 0 saturated carbocycles. The third-order valence-corrected chi connectivity index (χ3v) is 3.75. The molecule has 0 aliphatic heterocycles. The molecule has 0 saturated heterocycles. The number of hydrogen-bond donors (Lipinski definition) is 1. The number of hydrogen-bond acceptors (Lipinski definition) is 4. The summed E-state index contributed by atoms with van der Waals surface area (Å²) >= 11 is 3.18. The molecule has 0 spiro atoms. The fourth-order valence-electron chi connectivity index (χ4n) is 2.08. The topological polar surface area (TPSA) is 69.6 Å². The number of rotatable bonds is 2. The van der Waals surface area contributed by atoms with Crippen molar-refractivity contribution in [1.29, 1.82) is 0 Å². The summed E-state index contributed by atoms with van der Waals surface area (Å²) in [4.78, 5) is 0. The molecule has 0 bridgehead atoms. The summed E-state index contributed by atoms with van der Waals surface area (Å²) in [5.41, 5.74) is 8.68. The Morgan fingerprint density at radius 1 is 1.24 bits per heavy atom. The van der Waals surface area contributed by atoms with Crippen LogP contribution in [0.15, 0.2) is 40.9 Å². The third kappa shape index (κ3) is 2.40. The highest BCUT2D eigenvalue weighted by atomic mass is 79.9. The number of benzene rings is 2. The van der Waals surface area contributed by atoms with Gasteiger partial charge in [0, 0.05) is 11.3 Å². The maximum absolute atomic E-state index is 13.6. The van der Waals surface area contributed by atoms with E-state index in [2.05, 4.69) is 31.5 Å². The maximum Gasteiger partial charge on any atom is 0.189 e. The average molecular weight is 348 g/mol. The van der Waals surface area contributed by atoms with E-state index in [1.165, 1.54) is 6.07 Å². The predicted octanol–water partition coefficient (Wildman–Crippen LogP) is 3.12. The molecule has 0 amide bonds. The molecule has 1 heterocycles. The second-order valence-corrected chi connectivity index (χ2v) is 5.41. The van der Waals surface area contributed by atoms with E-state index >= 15 is 0 Å². The van der Waals surface area contributed by atoms with E-state index in [4.69, 9.17) is 5.73 Å². The zero-order valence-electron chi connectivity index (χ0n) is 11.1. The van der Waals surface area contributed by atoms with Crippen molar-refractivity contribution in [3.8, 4) is 17.1 Å². The highest BCUT2D eigenvalue weighted by Gasteiger charge is 2.16. The van der Waals surface area contributed by atoms with Crippen LogP contribution in [0.2, 0.25) is 0 Å². The van der Waals surface area contributed by atoms with Crippen molar-refractivity contribution in [2.75, 3.05) is 5.73 Å². The second kappa shape index (κ2) is 5.25. The quantitative estimate of drug-likeness (QED) is 0.723. The Morgan fingerprint density at radius 2 is 2.00 bits per heavy atom. The minimum Gasteiger partial charge on any atom is -0.398 e. The van der Waals surface area contributed by atoms with E-state index in [0.717, 1.165) is 11.1 Å². The van der Waals surface area contributed by atoms with Crippen LogP contribution in [0, 0.1) is 12.7 Å². The molecule has 2 aromatic carbocycles. The van der Waals surface area contributed by atoms with Crippen molar-refractivity contribution in [1.82, 2.24) is 20.2 Å². The molecular formula is C14H11BrFN5. The Balaban J connectivity index is 2.21. The van der Waals surface area contributed by atoms with Crippen LogP contribution < -0.4 is 5.73 Å². The van der Waals surface area contributed by atoms with Gasteiger partial charge in [-0.2, -0.15) is 4.68 Å². The van der Waals surface area contributed by atoms with Crippen LogP contribution in [0.3, 0.4) is 0 Å². The van der Waals surface area contributed by atoms with Crippen LogP contribution in [0.4, 0.5) is 10.1 Å². The Bertz CT molecular complexity index is 815. The maximum atomic E-state index is 13.6. The first-order valence-corrected chi connectivity index (χ1v) is 6.96. The highest BCUT2D eigenvalue weighted by Crippen LogP contribution is 2.28. The van der Waals surface area contributed by atoms with Gasteiger partial charge in [0.1, 0.15) is 5.82 Å². The van der Waals surface area contributed by atoms with Crippen molar-refractivity contribution in [2.45, 2.75) is 6.92 Å². The van der Waals surface area contributed by atoms with Crippen molar-refractivity contribution in [2.24, 2.45) is 0 Å². The lowest BCUT2D eigenvalue weighted by molar-refractivity contribution is 0.618. The molecule has 0 atom stereocenters. The summed E-state index contributed by atoms with van der Waals surface area (Å²) in [7, 11) is 0. The summed E-state index contributed by atoms with van der Waals surface area (Å²) in [6.07, 6.45) is 0. The highest BCUT2D eigenvalue weighted by molar-refractivity contribution is 9.10. The van der Waals surface area contributed by atoms with Crippen molar-refractivity contribution < 1.29 is 4.39 Å². The number of tetrazole rings is 1. The summed E-state index contributed by atoms with van der Waals surface area (Å²) in [5.74, 6) is 0.180. The van der Waals surface area contributed by atoms with E-state index < -0.39 is 0 Å². The van der Waals surface area contributed by atoms with E-state index in [-0.39, 0.29) is 5.82 Å². The molecule has 7 heteroatoms. The molecular weight excluding hydrogens is 337 g/mol. The fourth-order valence-corrected chi connectivity index (χ4v) is 2.41. The van der Waals surface area contributed by atoms with E-state index in [1.54, 1.807) is 23.7 Å². The van der Waals surface area contributed by atoms with Crippen LogP contribution in [0.1, 0.15) is 5.56 Å². The molecule has 5 nitrogen and oxygen atoms in total. The number of halogens is 2. The molecule has 3 rings (SSSR count). The smallest absolute Gasteiger partial charge is 0.189 e. The Morgan fingerprint density at radius 3 is 2.76 bits per heavy atom. The summed E-state index contributed by atoms with van der Waals surface area (Å²) < 4.78 is 15.5. The fraction of sp³-hybridized carbons (Fsp3) is 0.0714. The van der Waals surface area contributed by atoms with Crippen molar-refractivity contribution in [3.63, 3.8) is 0 Å². The van der Waals surface area contributed by atoms with Gasteiger partial charge in [-0.1, -0.05) is 12.1 Å². The normalized spacial score (nSPS) is 10.8. The molecule has 0 aliphatic carbocycles. The number of para-hydroxylation sites is 1. The summed E-state index contributed by atoms with van der Waals surface area (Å²) in [6, 6.07) is 10.4. The molecule has 1 aromatic heterocycles. The first-order chi connectivity index (χ1) is 10.1. The van der Waals surface area contributed by atoms with Crippen LogP contribution in [-0.4, -0.2) is 20.2 Å². The van der Waals surface area contributed by atoms with Crippen LogP contribution >= 0.6 is 15.9 Å². The van der Waals surface area contributed by atoms with Crippen molar-refractivity contribution in [3.05, 3.63) is 52.3 Å². The van der Waals surface area contributed by atoms with Gasteiger partial charge in [0.05, 0.1) is 10.2 Å². The van der Waals surface area contributed by atoms with Gasteiger partial charge >= 0.3 is 0 Å². The zero-order valence-corrected chi connectivity index (χ0v) is 12.7. The monoisotopic (exact) mass is 347 g/mol. The van der Waals surface area contributed by atoms with Gasteiger partial charge in [-0.3, -0.25) is 0 Å². The number of aryl methyl sites for hydroxylation is 1.